The average Bonchev–Trinajstić information content (AvgIpc) is 3.33. The van der Waals surface area contributed by atoms with E-state index in [2.05, 4.69) is 33.4 Å². The summed E-state index contributed by atoms with van der Waals surface area (Å²) < 4.78 is 43.7. The van der Waals surface area contributed by atoms with Gasteiger partial charge in [-0.3, -0.25) is 4.79 Å². The molecule has 1 amide bonds. The number of unbranched alkanes of at least 4 members (excludes halogenated alkanes) is 2. The first-order valence-electron chi connectivity index (χ1n) is 15.4. The summed E-state index contributed by atoms with van der Waals surface area (Å²) in [7, 11) is 0. The molecule has 230 valence electrons. The van der Waals surface area contributed by atoms with Crippen LogP contribution in [0.3, 0.4) is 0 Å². The molecule has 1 N–H and O–H groups in total. The van der Waals surface area contributed by atoms with Crippen LogP contribution in [0, 0.1) is 0 Å². The summed E-state index contributed by atoms with van der Waals surface area (Å²) in [6, 6.07) is 11.6. The number of piperidine rings is 1. The molecule has 1 saturated heterocycles. The lowest BCUT2D eigenvalue weighted by Gasteiger charge is -2.26. The molecule has 10 heteroatoms. The molecule has 1 aliphatic rings. The minimum absolute atomic E-state index is 0.0514. The van der Waals surface area contributed by atoms with Gasteiger partial charge in [0.1, 0.15) is 5.75 Å². The van der Waals surface area contributed by atoms with E-state index in [-0.39, 0.29) is 11.7 Å². The number of rotatable bonds is 15. The van der Waals surface area contributed by atoms with Crippen LogP contribution >= 0.6 is 0 Å². The highest BCUT2D eigenvalue weighted by molar-refractivity contribution is 5.97. The fraction of sp³-hybridized carbons (Fsp3) is 0.562. The zero-order valence-corrected chi connectivity index (χ0v) is 24.9. The Morgan fingerprint density at radius 1 is 0.952 bits per heavy atom. The summed E-state index contributed by atoms with van der Waals surface area (Å²) >= 11 is 0. The number of hydrogen-bond acceptors (Lipinski definition) is 5. The van der Waals surface area contributed by atoms with Gasteiger partial charge in [0.2, 0.25) is 5.95 Å². The Morgan fingerprint density at radius 3 is 2.29 bits per heavy atom. The Bertz CT molecular complexity index is 1260. The number of carbonyl (C=O) groups is 1. The standard InChI is InChI=1S/C32H44F3N5O2/c1-3-5-20-39(21-6-4-2)30(41)26-13-16-28-29(23-26)40(22-10-19-38-17-8-7-9-18-38)31(37-28)36-24-25-11-14-27(15-12-25)42-32(33,34)35/h11-16,23H,3-10,17-22,24H2,1-2H3,(H,36,37). The molecule has 1 aromatic heterocycles. The second-order valence-corrected chi connectivity index (χ2v) is 11.1. The molecule has 2 heterocycles. The maximum Gasteiger partial charge on any atom is 0.573 e. The monoisotopic (exact) mass is 587 g/mol. The minimum Gasteiger partial charge on any atom is -0.406 e. The molecule has 0 atom stereocenters. The van der Waals surface area contributed by atoms with Gasteiger partial charge in [-0.25, -0.2) is 4.98 Å². The number of alkyl halides is 3. The number of anilines is 1. The number of carbonyl (C=O) groups excluding carboxylic acids is 1. The molecule has 1 fully saturated rings. The summed E-state index contributed by atoms with van der Waals surface area (Å²) in [5.74, 6) is 0.480. The van der Waals surface area contributed by atoms with Crippen molar-refractivity contribution in [3.8, 4) is 5.75 Å². The topological polar surface area (TPSA) is 62.6 Å². The number of aryl methyl sites for hydroxylation is 1. The molecule has 7 nitrogen and oxygen atoms in total. The van der Waals surface area contributed by atoms with E-state index in [1.54, 1.807) is 12.1 Å². The summed E-state index contributed by atoms with van der Waals surface area (Å²) in [6.45, 7) is 10.2. The van der Waals surface area contributed by atoms with Gasteiger partial charge in [-0.1, -0.05) is 45.2 Å². The zero-order chi connectivity index (χ0) is 30.0. The van der Waals surface area contributed by atoms with Crippen molar-refractivity contribution in [2.24, 2.45) is 0 Å². The quantitative estimate of drug-likeness (QED) is 0.200. The number of fused-ring (bicyclic) bond motifs is 1. The second-order valence-electron chi connectivity index (χ2n) is 11.1. The Labute approximate surface area is 247 Å². The highest BCUT2D eigenvalue weighted by Gasteiger charge is 2.31. The van der Waals surface area contributed by atoms with Gasteiger partial charge in [0.25, 0.3) is 5.91 Å². The van der Waals surface area contributed by atoms with Crippen molar-refractivity contribution in [3.63, 3.8) is 0 Å². The number of halogens is 3. The van der Waals surface area contributed by atoms with Crippen LogP contribution in [-0.2, 0) is 13.1 Å². The molecule has 0 radical (unpaired) electrons. The number of imidazole rings is 1. The normalized spacial score (nSPS) is 14.3. The summed E-state index contributed by atoms with van der Waals surface area (Å²) in [6.07, 6.45) is 4.02. The zero-order valence-electron chi connectivity index (χ0n) is 24.9. The Hall–Kier alpha value is -3.27. The minimum atomic E-state index is -4.72. The predicted molar refractivity (Wildman–Crippen MR) is 161 cm³/mol. The molecule has 0 unspecified atom stereocenters. The fourth-order valence-electron chi connectivity index (χ4n) is 5.44. The van der Waals surface area contributed by atoms with E-state index >= 15 is 0 Å². The maximum absolute atomic E-state index is 13.6. The molecule has 0 aliphatic carbocycles. The molecule has 3 aromatic rings. The van der Waals surface area contributed by atoms with Crippen molar-refractivity contribution in [1.82, 2.24) is 19.4 Å². The van der Waals surface area contributed by atoms with E-state index in [1.165, 1.54) is 31.4 Å². The molecule has 2 aromatic carbocycles. The molecular formula is C32H44F3N5O2. The average molecular weight is 588 g/mol. The second kappa shape index (κ2) is 15.3. The van der Waals surface area contributed by atoms with E-state index in [4.69, 9.17) is 4.98 Å². The largest absolute Gasteiger partial charge is 0.573 e. The van der Waals surface area contributed by atoms with E-state index < -0.39 is 6.36 Å². The highest BCUT2D eigenvalue weighted by atomic mass is 19.4. The van der Waals surface area contributed by atoms with Crippen molar-refractivity contribution in [2.45, 2.75) is 84.7 Å². The lowest BCUT2D eigenvalue weighted by atomic mass is 10.1. The number of ether oxygens (including phenoxy) is 1. The van der Waals surface area contributed by atoms with Crippen LogP contribution in [-0.4, -0.2) is 64.3 Å². The third-order valence-corrected chi connectivity index (χ3v) is 7.76. The number of amides is 1. The molecule has 42 heavy (non-hydrogen) atoms. The smallest absolute Gasteiger partial charge is 0.406 e. The number of aromatic nitrogens is 2. The third kappa shape index (κ3) is 9.11. The van der Waals surface area contributed by atoms with E-state index in [0.717, 1.165) is 88.0 Å². The fourth-order valence-corrected chi connectivity index (χ4v) is 5.44. The van der Waals surface area contributed by atoms with Crippen molar-refractivity contribution in [1.29, 1.82) is 0 Å². The van der Waals surface area contributed by atoms with Gasteiger partial charge in [0, 0.05) is 31.7 Å². The molecule has 0 saturated carbocycles. The van der Waals surface area contributed by atoms with Gasteiger partial charge in [0.15, 0.2) is 0 Å². The molecule has 0 spiro atoms. The Kier molecular flexibility index (Phi) is 11.5. The molecule has 1 aliphatic heterocycles. The van der Waals surface area contributed by atoms with E-state index in [1.807, 2.05) is 23.1 Å². The number of likely N-dealkylation sites (tertiary alicyclic amines) is 1. The first-order chi connectivity index (χ1) is 20.3. The number of nitrogens with zero attached hydrogens (tertiary/aromatic N) is 4. The van der Waals surface area contributed by atoms with Crippen molar-refractivity contribution < 1.29 is 22.7 Å². The van der Waals surface area contributed by atoms with Crippen LogP contribution in [0.2, 0.25) is 0 Å². The first-order valence-corrected chi connectivity index (χ1v) is 15.4. The molecule has 4 rings (SSSR count). The number of nitrogens with one attached hydrogen (secondary N) is 1. The Balaban J connectivity index is 1.55. The summed E-state index contributed by atoms with van der Waals surface area (Å²) in [5, 5.41) is 3.38. The Morgan fingerprint density at radius 2 is 1.64 bits per heavy atom. The number of hydrogen-bond donors (Lipinski definition) is 1. The predicted octanol–water partition coefficient (Wildman–Crippen LogP) is 7.47. The van der Waals surface area contributed by atoms with Gasteiger partial charge in [-0.15, -0.1) is 13.2 Å². The molecular weight excluding hydrogens is 543 g/mol. The number of benzene rings is 2. The lowest BCUT2D eigenvalue weighted by molar-refractivity contribution is -0.274. The van der Waals surface area contributed by atoms with Crippen LogP contribution in [0.1, 0.15) is 81.1 Å². The van der Waals surface area contributed by atoms with Crippen LogP contribution in [0.25, 0.3) is 11.0 Å². The van der Waals surface area contributed by atoms with Gasteiger partial charge in [-0.2, -0.15) is 0 Å². The van der Waals surface area contributed by atoms with Crippen molar-refractivity contribution >= 4 is 22.9 Å². The highest BCUT2D eigenvalue weighted by Crippen LogP contribution is 2.25. The first kappa shape index (κ1) is 31.7. The van der Waals surface area contributed by atoms with Crippen LogP contribution in [0.15, 0.2) is 42.5 Å². The third-order valence-electron chi connectivity index (χ3n) is 7.76. The lowest BCUT2D eigenvalue weighted by Crippen LogP contribution is -2.33. The van der Waals surface area contributed by atoms with E-state index in [0.29, 0.717) is 18.1 Å². The van der Waals surface area contributed by atoms with Gasteiger partial charge in [-0.05, 0) is 87.6 Å². The summed E-state index contributed by atoms with van der Waals surface area (Å²) in [5.41, 5.74) is 3.17. The van der Waals surface area contributed by atoms with Gasteiger partial charge < -0.3 is 24.4 Å². The van der Waals surface area contributed by atoms with Gasteiger partial charge in [0.05, 0.1) is 11.0 Å². The van der Waals surface area contributed by atoms with E-state index in [9.17, 15) is 18.0 Å². The van der Waals surface area contributed by atoms with Crippen molar-refractivity contribution in [3.05, 3.63) is 53.6 Å². The van der Waals surface area contributed by atoms with Crippen molar-refractivity contribution in [2.75, 3.05) is 38.0 Å². The summed E-state index contributed by atoms with van der Waals surface area (Å²) in [4.78, 5) is 22.9. The van der Waals surface area contributed by atoms with Crippen LogP contribution in [0.5, 0.6) is 5.75 Å². The molecule has 0 bridgehead atoms. The van der Waals surface area contributed by atoms with Crippen LogP contribution < -0.4 is 10.1 Å². The van der Waals surface area contributed by atoms with Gasteiger partial charge >= 0.3 is 6.36 Å². The van der Waals surface area contributed by atoms with Crippen LogP contribution in [0.4, 0.5) is 19.1 Å². The maximum atomic E-state index is 13.6. The SMILES string of the molecule is CCCCN(CCCC)C(=O)c1ccc2nc(NCc3ccc(OC(F)(F)F)cc3)n(CCCN3CCCCC3)c2c1.